The van der Waals surface area contributed by atoms with Gasteiger partial charge in [-0.3, -0.25) is 4.79 Å². The van der Waals surface area contributed by atoms with E-state index in [0.29, 0.717) is 25.2 Å². The zero-order chi connectivity index (χ0) is 50.4. The van der Waals surface area contributed by atoms with Crippen molar-refractivity contribution >= 4 is 11.9 Å². The number of aliphatic hydroxyl groups is 8. The van der Waals surface area contributed by atoms with Crippen molar-refractivity contribution in [2.45, 2.75) is 241 Å². The van der Waals surface area contributed by atoms with Crippen LogP contribution in [0.4, 0.5) is 0 Å². The van der Waals surface area contributed by atoms with Gasteiger partial charge in [0.1, 0.15) is 55.4 Å². The van der Waals surface area contributed by atoms with Gasteiger partial charge in [0.2, 0.25) is 0 Å². The van der Waals surface area contributed by atoms with Gasteiger partial charge in [0.15, 0.2) is 24.7 Å². The molecule has 20 heteroatoms. The Morgan fingerprint density at radius 2 is 1.44 bits per heavy atom. The summed E-state index contributed by atoms with van der Waals surface area (Å²) in [6, 6.07) is 0. The van der Waals surface area contributed by atoms with Crippen molar-refractivity contribution in [2.75, 3.05) is 13.2 Å². The van der Waals surface area contributed by atoms with E-state index < -0.39 is 134 Å². The second kappa shape index (κ2) is 20.0. The molecule has 5 aliphatic heterocycles. The van der Waals surface area contributed by atoms with Gasteiger partial charge in [0.05, 0.1) is 54.9 Å². The molecule has 0 unspecified atom stereocenters. The normalized spacial score (nSPS) is 53.8. The Kier molecular flexibility index (Phi) is 15.1. The van der Waals surface area contributed by atoms with Crippen molar-refractivity contribution in [1.82, 2.24) is 0 Å². The summed E-state index contributed by atoms with van der Waals surface area (Å²) >= 11 is 0. The lowest BCUT2D eigenvalue weighted by molar-refractivity contribution is -0.380. The predicted octanol–water partition coefficient (Wildman–Crippen LogP) is 1.00. The SMILES string of the molecule is CC(=O)O[C@@H]1C[C@](C)(O[C@H]2[C@@H](O)C[C@H](O[C@H]3[C@@H](O)C[C@@H](O[C@H]4CC[C@@]5(C)[C@H](CC[C@@H]6[C@@H]5C[C@@H](O)[C@]5(C)[C@@H](C7=CC(=O)OC7)CC[C@]65O)C4)O[C@@H]3C)O[C@@H]2C)O[C@H](C)[C@H]1O[C@@H]1O[C@H](CO)[C@@H](O)[C@H](O)[C@H]1O. The molecular formula is C50H78O20. The number of hydrogen-bond donors (Lipinski definition) is 8. The van der Waals surface area contributed by atoms with E-state index in [9.17, 15) is 50.4 Å². The van der Waals surface area contributed by atoms with E-state index in [1.54, 1.807) is 26.8 Å². The summed E-state index contributed by atoms with van der Waals surface area (Å²) in [6.07, 6.45) is -10.4. The molecule has 0 bridgehead atoms. The first kappa shape index (κ1) is 52.9. The summed E-state index contributed by atoms with van der Waals surface area (Å²) in [5, 5.41) is 88.4. The van der Waals surface area contributed by atoms with Crippen molar-refractivity contribution in [2.24, 2.45) is 34.5 Å². The van der Waals surface area contributed by atoms with E-state index in [1.807, 2.05) is 13.8 Å². The van der Waals surface area contributed by atoms with Crippen LogP contribution in [0.2, 0.25) is 0 Å². The first-order chi connectivity index (χ1) is 33.0. The monoisotopic (exact) mass is 999 g/mol. The number of carbonyl (C=O) groups is 2. The number of carbonyl (C=O) groups excluding carboxylic acids is 2. The van der Waals surface area contributed by atoms with E-state index in [4.69, 9.17) is 47.4 Å². The summed E-state index contributed by atoms with van der Waals surface area (Å²) in [6.45, 7) is 11.9. The molecule has 8 fully saturated rings. The van der Waals surface area contributed by atoms with Gasteiger partial charge in [-0.05, 0) is 114 Å². The van der Waals surface area contributed by atoms with E-state index in [1.165, 1.54) is 6.92 Å². The third-order valence-corrected chi connectivity index (χ3v) is 18.6. The minimum absolute atomic E-state index is 0.0148. The molecule has 0 spiro atoms. The smallest absolute Gasteiger partial charge is 0.331 e. The maximum Gasteiger partial charge on any atom is 0.331 e. The van der Waals surface area contributed by atoms with E-state index in [-0.39, 0.29) is 61.1 Å². The molecule has 9 rings (SSSR count). The molecule has 20 nitrogen and oxygen atoms in total. The molecular weight excluding hydrogens is 921 g/mol. The van der Waals surface area contributed by atoms with Crippen LogP contribution in [0.15, 0.2) is 11.6 Å². The van der Waals surface area contributed by atoms with E-state index in [2.05, 4.69) is 6.92 Å². The zero-order valence-electron chi connectivity index (χ0n) is 41.4. The van der Waals surface area contributed by atoms with Gasteiger partial charge in [0.25, 0.3) is 0 Å². The number of rotatable bonds is 11. The van der Waals surface area contributed by atoms with Gasteiger partial charge in [-0.2, -0.15) is 0 Å². The lowest BCUT2D eigenvalue weighted by atomic mass is 9.42. The van der Waals surface area contributed by atoms with Crippen LogP contribution in [0.1, 0.15) is 119 Å². The van der Waals surface area contributed by atoms with Gasteiger partial charge < -0.3 is 88.2 Å². The van der Waals surface area contributed by atoms with Crippen molar-refractivity contribution in [1.29, 1.82) is 0 Å². The highest BCUT2D eigenvalue weighted by Gasteiger charge is 2.71. The van der Waals surface area contributed by atoms with Crippen LogP contribution in [0.5, 0.6) is 0 Å². The van der Waals surface area contributed by atoms with Gasteiger partial charge in [-0.1, -0.05) is 13.8 Å². The summed E-state index contributed by atoms with van der Waals surface area (Å²) in [5.74, 6) is -2.04. The molecule has 5 heterocycles. The lowest BCUT2D eigenvalue weighted by Crippen LogP contribution is -2.67. The molecule has 4 aliphatic carbocycles. The molecule has 398 valence electrons. The number of ether oxygens (including phenoxy) is 10. The summed E-state index contributed by atoms with van der Waals surface area (Å²) < 4.78 is 60.7. The molecule has 4 saturated carbocycles. The second-order valence-corrected chi connectivity index (χ2v) is 22.8. The summed E-state index contributed by atoms with van der Waals surface area (Å²) in [5.41, 5.74) is -1.02. The van der Waals surface area contributed by atoms with Crippen LogP contribution in [-0.4, -0.2) is 188 Å². The van der Waals surface area contributed by atoms with E-state index in [0.717, 1.165) is 37.7 Å². The van der Waals surface area contributed by atoms with Gasteiger partial charge in [-0.25, -0.2) is 4.79 Å². The van der Waals surface area contributed by atoms with Crippen LogP contribution in [0.3, 0.4) is 0 Å². The zero-order valence-corrected chi connectivity index (χ0v) is 41.4. The molecule has 0 amide bonds. The highest BCUT2D eigenvalue weighted by atomic mass is 16.8. The quantitative estimate of drug-likeness (QED) is 0.106. The second-order valence-electron chi connectivity index (χ2n) is 22.8. The fourth-order valence-electron chi connectivity index (χ4n) is 15.0. The molecule has 0 aromatic rings. The Balaban J connectivity index is 0.762. The molecule has 0 aromatic heterocycles. The summed E-state index contributed by atoms with van der Waals surface area (Å²) in [7, 11) is 0. The number of aliphatic hydroxyl groups excluding tert-OH is 7. The van der Waals surface area contributed by atoms with E-state index >= 15 is 0 Å². The van der Waals surface area contributed by atoms with Crippen molar-refractivity contribution < 1.29 is 97.8 Å². The minimum Gasteiger partial charge on any atom is -0.459 e. The number of fused-ring (bicyclic) bond motifs is 5. The Morgan fingerprint density at radius 1 is 0.757 bits per heavy atom. The first-order valence-electron chi connectivity index (χ1n) is 25.7. The number of cyclic esters (lactones) is 1. The highest BCUT2D eigenvalue weighted by Crippen LogP contribution is 2.70. The van der Waals surface area contributed by atoms with Crippen LogP contribution in [0, 0.1) is 34.5 Å². The van der Waals surface area contributed by atoms with Gasteiger partial charge in [0, 0.05) is 37.7 Å². The maximum absolute atomic E-state index is 12.6. The first-order valence-corrected chi connectivity index (χ1v) is 25.7. The Labute approximate surface area is 409 Å². The Morgan fingerprint density at radius 3 is 2.09 bits per heavy atom. The predicted molar refractivity (Wildman–Crippen MR) is 239 cm³/mol. The largest absolute Gasteiger partial charge is 0.459 e. The van der Waals surface area contributed by atoms with Crippen LogP contribution < -0.4 is 0 Å². The molecule has 0 radical (unpaired) electrons. The third-order valence-electron chi connectivity index (χ3n) is 18.6. The Bertz CT molecular complexity index is 1900. The molecule has 8 N–H and O–H groups in total. The lowest BCUT2D eigenvalue weighted by Gasteiger charge is -2.65. The number of hydrogen-bond acceptors (Lipinski definition) is 20. The number of esters is 2. The fraction of sp³-hybridized carbons (Fsp3) is 0.920. The summed E-state index contributed by atoms with van der Waals surface area (Å²) in [4.78, 5) is 24.3. The van der Waals surface area contributed by atoms with Gasteiger partial charge in [-0.15, -0.1) is 0 Å². The third kappa shape index (κ3) is 9.44. The standard InChI is InChI=1S/C50H78O20/c1-22-43(67-39-18-33(54)44(23(2)63-39)70-48(6)19-34(64-25(4)52)45(24(3)69-48)68-46-42(59)41(58)40(57)35(20-51)66-46)32(53)17-38(62-22)65-28-10-12-47(5)27(15-28)8-9-30-31(47)16-36(55)49(7)29(11-13-50(30,49)60)26-14-37(56)61-21-26/h14,22-24,27-36,38-46,51,53-55,57-60H,8-13,15-21H2,1-7H3/t22-,23-,24-,27-,28+,29-,30-,31+,32+,33+,34-,35-,36-,38-,39+,40-,41+,42-,43-,44-,45-,46+,47+,48+,49+,50+/m1/s1. The highest BCUT2D eigenvalue weighted by molar-refractivity contribution is 5.85. The fourth-order valence-corrected chi connectivity index (χ4v) is 15.0. The maximum atomic E-state index is 12.6. The Hall–Kier alpha value is -1.96. The molecule has 70 heavy (non-hydrogen) atoms. The average molecular weight is 999 g/mol. The van der Waals surface area contributed by atoms with Crippen LogP contribution in [0.25, 0.3) is 0 Å². The van der Waals surface area contributed by atoms with Crippen molar-refractivity contribution in [3.63, 3.8) is 0 Å². The molecule has 26 atom stereocenters. The van der Waals surface area contributed by atoms with Crippen molar-refractivity contribution in [3.05, 3.63) is 11.6 Å². The molecule has 9 aliphatic rings. The molecule has 0 aromatic carbocycles. The average Bonchev–Trinajstić information content (AvgIpc) is 3.84. The van der Waals surface area contributed by atoms with Crippen molar-refractivity contribution in [3.8, 4) is 0 Å². The van der Waals surface area contributed by atoms with Crippen LogP contribution in [-0.2, 0) is 57.0 Å². The molecule has 4 saturated heterocycles. The topological polar surface area (TPSA) is 288 Å². The van der Waals surface area contributed by atoms with Gasteiger partial charge >= 0.3 is 11.9 Å². The minimum atomic E-state index is -1.69. The van der Waals surface area contributed by atoms with Crippen LogP contribution >= 0.6 is 0 Å².